The average Bonchev–Trinajstić information content (AvgIpc) is 2.85. The summed E-state index contributed by atoms with van der Waals surface area (Å²) in [6.07, 6.45) is 0. The SMILES string of the molecule is CN(C)CCOc1cc(COc2ccccc2)on1. The van der Waals surface area contributed by atoms with Gasteiger partial charge in [-0.1, -0.05) is 18.2 Å². The van der Waals surface area contributed by atoms with Gasteiger partial charge in [0.15, 0.2) is 5.76 Å². The van der Waals surface area contributed by atoms with Crippen LogP contribution in [0.25, 0.3) is 0 Å². The Morgan fingerprint density at radius 2 is 1.95 bits per heavy atom. The normalized spacial score (nSPS) is 10.7. The van der Waals surface area contributed by atoms with Crippen LogP contribution >= 0.6 is 0 Å². The summed E-state index contributed by atoms with van der Waals surface area (Å²) < 4.78 is 16.1. The fourth-order valence-corrected chi connectivity index (χ4v) is 1.43. The number of para-hydroxylation sites is 1. The number of hydrogen-bond donors (Lipinski definition) is 0. The number of benzene rings is 1. The summed E-state index contributed by atoms with van der Waals surface area (Å²) in [5.74, 6) is 1.94. The molecule has 0 atom stereocenters. The molecule has 0 N–H and O–H groups in total. The van der Waals surface area contributed by atoms with E-state index in [-0.39, 0.29) is 0 Å². The van der Waals surface area contributed by atoms with E-state index in [1.807, 2.05) is 49.3 Å². The zero-order valence-corrected chi connectivity index (χ0v) is 11.2. The Kier molecular flexibility index (Phi) is 4.80. The molecule has 2 aromatic rings. The number of likely N-dealkylation sites (N-methyl/N-ethyl adjacent to an activating group) is 1. The van der Waals surface area contributed by atoms with E-state index in [0.29, 0.717) is 24.9 Å². The predicted molar refractivity (Wildman–Crippen MR) is 71.3 cm³/mol. The van der Waals surface area contributed by atoms with Crippen LogP contribution in [0.5, 0.6) is 11.6 Å². The second-order valence-corrected chi connectivity index (χ2v) is 4.38. The molecule has 0 radical (unpaired) electrons. The number of hydrogen-bond acceptors (Lipinski definition) is 5. The molecule has 0 saturated carbocycles. The Hall–Kier alpha value is -2.01. The lowest BCUT2D eigenvalue weighted by atomic mass is 10.3. The van der Waals surface area contributed by atoms with Crippen molar-refractivity contribution >= 4 is 0 Å². The molecule has 0 aliphatic rings. The summed E-state index contributed by atoms with van der Waals surface area (Å²) in [6, 6.07) is 11.3. The highest BCUT2D eigenvalue weighted by molar-refractivity contribution is 5.21. The lowest BCUT2D eigenvalue weighted by Crippen LogP contribution is -2.19. The van der Waals surface area contributed by atoms with Crippen LogP contribution in [-0.4, -0.2) is 37.3 Å². The number of rotatable bonds is 7. The maximum atomic E-state index is 5.55. The number of nitrogens with zero attached hydrogens (tertiary/aromatic N) is 2. The minimum absolute atomic E-state index is 0.341. The van der Waals surface area contributed by atoms with Gasteiger partial charge < -0.3 is 18.9 Å². The zero-order valence-electron chi connectivity index (χ0n) is 11.2. The van der Waals surface area contributed by atoms with Crippen LogP contribution < -0.4 is 9.47 Å². The second kappa shape index (κ2) is 6.80. The van der Waals surface area contributed by atoms with Gasteiger partial charge in [-0.3, -0.25) is 0 Å². The molecule has 0 aliphatic carbocycles. The lowest BCUT2D eigenvalue weighted by Gasteiger charge is -2.08. The summed E-state index contributed by atoms with van der Waals surface area (Å²) in [4.78, 5) is 2.04. The third-order valence-electron chi connectivity index (χ3n) is 2.45. The molecule has 0 fully saturated rings. The molecule has 5 heteroatoms. The van der Waals surface area contributed by atoms with E-state index in [0.717, 1.165) is 12.3 Å². The quantitative estimate of drug-likeness (QED) is 0.765. The van der Waals surface area contributed by atoms with E-state index in [9.17, 15) is 0 Å². The molecule has 0 spiro atoms. The Balaban J connectivity index is 1.77. The fourth-order valence-electron chi connectivity index (χ4n) is 1.43. The maximum Gasteiger partial charge on any atom is 0.254 e. The highest BCUT2D eigenvalue weighted by atomic mass is 16.5. The van der Waals surface area contributed by atoms with Crippen LogP contribution in [0.1, 0.15) is 5.76 Å². The maximum absolute atomic E-state index is 5.55. The molecule has 5 nitrogen and oxygen atoms in total. The molecule has 0 aliphatic heterocycles. The van der Waals surface area contributed by atoms with Gasteiger partial charge in [0.2, 0.25) is 0 Å². The number of ether oxygens (including phenoxy) is 2. The van der Waals surface area contributed by atoms with Crippen LogP contribution in [-0.2, 0) is 6.61 Å². The van der Waals surface area contributed by atoms with Gasteiger partial charge in [-0.15, -0.1) is 0 Å². The van der Waals surface area contributed by atoms with Crippen LogP contribution in [0, 0.1) is 0 Å². The molecule has 2 rings (SSSR count). The minimum atomic E-state index is 0.341. The van der Waals surface area contributed by atoms with Crippen molar-refractivity contribution in [3.05, 3.63) is 42.2 Å². The Bertz CT molecular complexity index is 482. The highest BCUT2D eigenvalue weighted by Gasteiger charge is 2.06. The summed E-state index contributed by atoms with van der Waals surface area (Å²) in [5.41, 5.74) is 0. The first-order valence-corrected chi connectivity index (χ1v) is 6.15. The molecular formula is C14H18N2O3. The van der Waals surface area contributed by atoms with Gasteiger partial charge >= 0.3 is 0 Å². The Morgan fingerprint density at radius 3 is 2.68 bits per heavy atom. The summed E-state index contributed by atoms with van der Waals surface area (Å²) >= 11 is 0. The smallest absolute Gasteiger partial charge is 0.254 e. The van der Waals surface area contributed by atoms with Gasteiger partial charge in [0.25, 0.3) is 5.88 Å². The Labute approximate surface area is 112 Å². The van der Waals surface area contributed by atoms with Crippen molar-refractivity contribution in [2.75, 3.05) is 27.2 Å². The number of aromatic nitrogens is 1. The van der Waals surface area contributed by atoms with Crippen molar-refractivity contribution in [1.82, 2.24) is 10.1 Å². The van der Waals surface area contributed by atoms with Gasteiger partial charge in [-0.05, 0) is 31.4 Å². The second-order valence-electron chi connectivity index (χ2n) is 4.38. The van der Waals surface area contributed by atoms with Crippen molar-refractivity contribution < 1.29 is 14.0 Å². The van der Waals surface area contributed by atoms with Gasteiger partial charge in [0.05, 0.1) is 0 Å². The van der Waals surface area contributed by atoms with Crippen molar-refractivity contribution in [3.8, 4) is 11.6 Å². The van der Waals surface area contributed by atoms with Crippen molar-refractivity contribution in [3.63, 3.8) is 0 Å². The first-order chi connectivity index (χ1) is 9.24. The van der Waals surface area contributed by atoms with E-state index in [2.05, 4.69) is 5.16 Å². The van der Waals surface area contributed by atoms with Crippen molar-refractivity contribution in [1.29, 1.82) is 0 Å². The van der Waals surface area contributed by atoms with E-state index in [1.54, 1.807) is 6.07 Å². The summed E-state index contributed by atoms with van der Waals surface area (Å²) in [5, 5.41) is 3.83. The van der Waals surface area contributed by atoms with Gasteiger partial charge in [-0.2, -0.15) is 0 Å². The van der Waals surface area contributed by atoms with Crippen LogP contribution in [0.4, 0.5) is 0 Å². The molecular weight excluding hydrogens is 244 g/mol. The van der Waals surface area contributed by atoms with E-state index in [4.69, 9.17) is 14.0 Å². The molecule has 1 aromatic heterocycles. The predicted octanol–water partition coefficient (Wildman–Crippen LogP) is 2.19. The third-order valence-corrected chi connectivity index (χ3v) is 2.45. The van der Waals surface area contributed by atoms with E-state index >= 15 is 0 Å². The lowest BCUT2D eigenvalue weighted by molar-refractivity contribution is 0.226. The van der Waals surface area contributed by atoms with Crippen LogP contribution in [0.3, 0.4) is 0 Å². The fraction of sp³-hybridized carbons (Fsp3) is 0.357. The molecule has 0 saturated heterocycles. The Morgan fingerprint density at radius 1 is 1.16 bits per heavy atom. The molecule has 0 bridgehead atoms. The standard InChI is InChI=1S/C14H18N2O3/c1-16(2)8-9-17-14-10-13(19-15-14)11-18-12-6-4-3-5-7-12/h3-7,10H,8-9,11H2,1-2H3. The molecule has 1 heterocycles. The molecule has 0 amide bonds. The van der Waals surface area contributed by atoms with Crippen molar-refractivity contribution in [2.45, 2.75) is 6.61 Å². The molecule has 1 aromatic carbocycles. The largest absolute Gasteiger partial charge is 0.486 e. The van der Waals surface area contributed by atoms with Crippen molar-refractivity contribution in [2.24, 2.45) is 0 Å². The highest BCUT2D eigenvalue weighted by Crippen LogP contribution is 2.15. The first kappa shape index (κ1) is 13.4. The van der Waals surface area contributed by atoms with E-state index in [1.165, 1.54) is 0 Å². The topological polar surface area (TPSA) is 47.7 Å². The van der Waals surface area contributed by atoms with Gasteiger partial charge in [0, 0.05) is 12.6 Å². The monoisotopic (exact) mass is 262 g/mol. The molecule has 19 heavy (non-hydrogen) atoms. The van der Waals surface area contributed by atoms with Gasteiger partial charge in [0.1, 0.15) is 19.0 Å². The molecule has 102 valence electrons. The van der Waals surface area contributed by atoms with E-state index < -0.39 is 0 Å². The first-order valence-electron chi connectivity index (χ1n) is 6.15. The van der Waals surface area contributed by atoms with Crippen LogP contribution in [0.2, 0.25) is 0 Å². The third kappa shape index (κ3) is 4.63. The van der Waals surface area contributed by atoms with Crippen LogP contribution in [0.15, 0.2) is 40.9 Å². The minimum Gasteiger partial charge on any atom is -0.486 e. The average molecular weight is 262 g/mol. The summed E-state index contributed by atoms with van der Waals surface area (Å²) in [7, 11) is 3.98. The molecule has 0 unspecified atom stereocenters. The zero-order chi connectivity index (χ0) is 13.5. The summed E-state index contributed by atoms with van der Waals surface area (Å²) in [6.45, 7) is 1.76. The van der Waals surface area contributed by atoms with Gasteiger partial charge in [-0.25, -0.2) is 0 Å².